The molecule has 0 saturated carbocycles. The third kappa shape index (κ3) is 2.94. The van der Waals surface area contributed by atoms with Crippen molar-refractivity contribution < 1.29 is 8.42 Å². The molecule has 4 aromatic rings. The average molecular weight is 348 g/mol. The van der Waals surface area contributed by atoms with E-state index in [0.717, 1.165) is 33.2 Å². The van der Waals surface area contributed by atoms with Crippen molar-refractivity contribution in [1.82, 2.24) is 4.98 Å². The summed E-state index contributed by atoms with van der Waals surface area (Å²) in [6.07, 6.45) is 1.21. The van der Waals surface area contributed by atoms with Gasteiger partial charge in [-0.3, -0.25) is 0 Å². The number of sulfone groups is 1. The summed E-state index contributed by atoms with van der Waals surface area (Å²) >= 11 is 0. The van der Waals surface area contributed by atoms with Crippen LogP contribution < -0.4 is 5.32 Å². The highest BCUT2D eigenvalue weighted by atomic mass is 32.2. The third-order valence-electron chi connectivity index (χ3n) is 4.14. The molecular formula is C20H16N2O2S. The highest BCUT2D eigenvalue weighted by Crippen LogP contribution is 2.33. The molecule has 0 atom stereocenters. The van der Waals surface area contributed by atoms with E-state index in [-0.39, 0.29) is 0 Å². The van der Waals surface area contributed by atoms with Gasteiger partial charge in [0.05, 0.1) is 21.6 Å². The Balaban J connectivity index is 1.87. The molecule has 0 bridgehead atoms. The molecule has 0 spiro atoms. The van der Waals surface area contributed by atoms with Crippen molar-refractivity contribution in [2.45, 2.75) is 4.90 Å². The number of anilines is 2. The number of hydrogen-bond donors (Lipinski definition) is 1. The van der Waals surface area contributed by atoms with E-state index in [1.807, 2.05) is 48.5 Å². The van der Waals surface area contributed by atoms with E-state index in [2.05, 4.69) is 5.32 Å². The quantitative estimate of drug-likeness (QED) is 0.552. The Kier molecular flexibility index (Phi) is 3.66. The van der Waals surface area contributed by atoms with Gasteiger partial charge in [0.2, 0.25) is 0 Å². The molecule has 4 rings (SSSR count). The van der Waals surface area contributed by atoms with Gasteiger partial charge in [-0.05, 0) is 36.4 Å². The molecule has 124 valence electrons. The molecule has 5 heteroatoms. The first-order valence-corrected chi connectivity index (χ1v) is 9.76. The average Bonchev–Trinajstić information content (AvgIpc) is 2.61. The Morgan fingerprint density at radius 1 is 0.760 bits per heavy atom. The monoisotopic (exact) mass is 348 g/mol. The van der Waals surface area contributed by atoms with Crippen LogP contribution in [0.4, 0.5) is 11.4 Å². The largest absolute Gasteiger partial charge is 0.354 e. The zero-order valence-electron chi connectivity index (χ0n) is 13.6. The fraction of sp³-hybridized carbons (Fsp3) is 0.0500. The molecule has 0 aliphatic carbocycles. The lowest BCUT2D eigenvalue weighted by atomic mass is 10.1. The van der Waals surface area contributed by atoms with Crippen LogP contribution in [0.5, 0.6) is 0 Å². The maximum atomic E-state index is 11.6. The summed E-state index contributed by atoms with van der Waals surface area (Å²) in [5.74, 6) is 0. The van der Waals surface area contributed by atoms with Crippen molar-refractivity contribution in [2.75, 3.05) is 11.6 Å². The molecule has 0 fully saturated rings. The number of nitrogens with one attached hydrogen (secondary N) is 1. The second-order valence-electron chi connectivity index (χ2n) is 5.94. The number of rotatable bonds is 3. The maximum absolute atomic E-state index is 11.6. The number of benzene rings is 3. The molecule has 0 saturated heterocycles. The van der Waals surface area contributed by atoms with Gasteiger partial charge >= 0.3 is 0 Å². The number of pyridine rings is 1. The molecule has 1 aromatic heterocycles. The lowest BCUT2D eigenvalue weighted by Crippen LogP contribution is -1.98. The van der Waals surface area contributed by atoms with Gasteiger partial charge in [-0.2, -0.15) is 0 Å². The second kappa shape index (κ2) is 5.86. The Labute approximate surface area is 146 Å². The first kappa shape index (κ1) is 15.6. The zero-order chi connectivity index (χ0) is 17.4. The highest BCUT2D eigenvalue weighted by molar-refractivity contribution is 7.90. The van der Waals surface area contributed by atoms with Crippen LogP contribution in [0.3, 0.4) is 0 Å². The first-order chi connectivity index (χ1) is 12.0. The summed E-state index contributed by atoms with van der Waals surface area (Å²) in [6, 6.07) is 22.7. The molecule has 4 nitrogen and oxygen atoms in total. The van der Waals surface area contributed by atoms with Gasteiger partial charge in [-0.25, -0.2) is 13.4 Å². The van der Waals surface area contributed by atoms with E-state index in [1.54, 1.807) is 24.3 Å². The van der Waals surface area contributed by atoms with Crippen molar-refractivity contribution in [2.24, 2.45) is 0 Å². The third-order valence-corrected chi connectivity index (χ3v) is 5.27. The summed E-state index contributed by atoms with van der Waals surface area (Å²) in [4.78, 5) is 5.01. The molecular weight excluding hydrogens is 332 g/mol. The number of hydrogen-bond acceptors (Lipinski definition) is 4. The van der Waals surface area contributed by atoms with Crippen molar-refractivity contribution in [3.05, 3.63) is 72.8 Å². The van der Waals surface area contributed by atoms with E-state index < -0.39 is 9.84 Å². The molecule has 0 aliphatic rings. The summed E-state index contributed by atoms with van der Waals surface area (Å²) < 4.78 is 23.2. The Bertz CT molecular complexity index is 1130. The second-order valence-corrected chi connectivity index (χ2v) is 7.96. The molecule has 0 unspecified atom stereocenters. The molecule has 0 radical (unpaired) electrons. The van der Waals surface area contributed by atoms with Crippen LogP contribution in [-0.2, 0) is 9.84 Å². The maximum Gasteiger partial charge on any atom is 0.175 e. The molecule has 0 amide bonds. The molecule has 1 N–H and O–H groups in total. The fourth-order valence-corrected chi connectivity index (χ4v) is 3.53. The Morgan fingerprint density at radius 2 is 1.28 bits per heavy atom. The molecule has 1 heterocycles. The summed E-state index contributed by atoms with van der Waals surface area (Å²) in [5, 5.41) is 5.48. The van der Waals surface area contributed by atoms with Crippen LogP contribution in [0.15, 0.2) is 77.7 Å². The fourth-order valence-electron chi connectivity index (χ4n) is 2.90. The predicted octanol–water partition coefficient (Wildman–Crippen LogP) is 4.54. The SMILES string of the molecule is CS(=O)(=O)c1ccc(Nc2c3ccccc3nc3ccccc23)cc1. The van der Waals surface area contributed by atoms with E-state index in [9.17, 15) is 8.42 Å². The van der Waals surface area contributed by atoms with Gasteiger partial charge in [0.25, 0.3) is 0 Å². The number of aromatic nitrogens is 1. The van der Waals surface area contributed by atoms with Crippen LogP contribution in [0.1, 0.15) is 0 Å². The topological polar surface area (TPSA) is 59.1 Å². The van der Waals surface area contributed by atoms with Gasteiger partial charge in [0, 0.05) is 22.7 Å². The van der Waals surface area contributed by atoms with Crippen molar-refractivity contribution in [3.63, 3.8) is 0 Å². The van der Waals surface area contributed by atoms with E-state index in [0.29, 0.717) is 4.90 Å². The minimum atomic E-state index is -3.20. The van der Waals surface area contributed by atoms with Crippen LogP contribution in [0.25, 0.3) is 21.8 Å². The van der Waals surface area contributed by atoms with Crippen molar-refractivity contribution in [3.8, 4) is 0 Å². The van der Waals surface area contributed by atoms with Crippen molar-refractivity contribution >= 4 is 43.0 Å². The number of fused-ring (bicyclic) bond motifs is 2. The van der Waals surface area contributed by atoms with Crippen LogP contribution in [0, 0.1) is 0 Å². The zero-order valence-corrected chi connectivity index (χ0v) is 14.4. The Morgan fingerprint density at radius 3 is 1.80 bits per heavy atom. The Hall–Kier alpha value is -2.92. The smallest absolute Gasteiger partial charge is 0.175 e. The first-order valence-electron chi connectivity index (χ1n) is 7.87. The van der Waals surface area contributed by atoms with E-state index in [1.165, 1.54) is 6.26 Å². The lowest BCUT2D eigenvalue weighted by Gasteiger charge is -2.13. The number of nitrogens with zero attached hydrogens (tertiary/aromatic N) is 1. The highest BCUT2D eigenvalue weighted by Gasteiger charge is 2.10. The van der Waals surface area contributed by atoms with Gasteiger partial charge in [0.1, 0.15) is 0 Å². The normalized spacial score (nSPS) is 11.7. The molecule has 3 aromatic carbocycles. The summed E-state index contributed by atoms with van der Waals surface area (Å²) in [5.41, 5.74) is 3.62. The van der Waals surface area contributed by atoms with E-state index >= 15 is 0 Å². The molecule has 0 aliphatic heterocycles. The van der Waals surface area contributed by atoms with Crippen LogP contribution >= 0.6 is 0 Å². The minimum Gasteiger partial charge on any atom is -0.354 e. The van der Waals surface area contributed by atoms with Crippen LogP contribution in [0.2, 0.25) is 0 Å². The lowest BCUT2D eigenvalue weighted by molar-refractivity contribution is 0.602. The van der Waals surface area contributed by atoms with Crippen LogP contribution in [-0.4, -0.2) is 19.7 Å². The summed E-state index contributed by atoms with van der Waals surface area (Å²) in [7, 11) is -3.20. The minimum absolute atomic E-state index is 0.308. The van der Waals surface area contributed by atoms with Gasteiger partial charge in [-0.15, -0.1) is 0 Å². The number of para-hydroxylation sites is 2. The van der Waals surface area contributed by atoms with Gasteiger partial charge in [0.15, 0.2) is 9.84 Å². The predicted molar refractivity (Wildman–Crippen MR) is 102 cm³/mol. The standard InChI is InChI=1S/C20H16N2O2S/c1-25(23,24)15-12-10-14(11-13-15)21-20-16-6-2-4-8-18(16)22-19-9-5-3-7-17(19)20/h2-13H,1H3,(H,21,22). The van der Waals surface area contributed by atoms with Gasteiger partial charge in [-0.1, -0.05) is 36.4 Å². The van der Waals surface area contributed by atoms with E-state index in [4.69, 9.17) is 4.98 Å². The summed E-state index contributed by atoms with van der Waals surface area (Å²) in [6.45, 7) is 0. The van der Waals surface area contributed by atoms with Crippen molar-refractivity contribution in [1.29, 1.82) is 0 Å². The van der Waals surface area contributed by atoms with Gasteiger partial charge < -0.3 is 5.32 Å². The molecule has 25 heavy (non-hydrogen) atoms.